The Morgan fingerprint density at radius 3 is 2.33 bits per heavy atom. The first-order valence-corrected chi connectivity index (χ1v) is 6.45. The fourth-order valence-electron chi connectivity index (χ4n) is 1.58. The smallest absolute Gasteiger partial charge is 0.213 e. The second-order valence-corrected chi connectivity index (χ2v) is 5.80. The highest BCUT2D eigenvalue weighted by atomic mass is 32.1. The number of carbonyl (C=O) groups is 1. The summed E-state index contributed by atoms with van der Waals surface area (Å²) in [4.78, 5) is 15.1. The van der Waals surface area contributed by atoms with E-state index in [0.29, 0.717) is 0 Å². The van der Waals surface area contributed by atoms with E-state index in [-0.39, 0.29) is 5.78 Å². The molecule has 2 aromatic heterocycles. The summed E-state index contributed by atoms with van der Waals surface area (Å²) in [6.45, 7) is 6.02. The van der Waals surface area contributed by atoms with Gasteiger partial charge in [-0.2, -0.15) is 0 Å². The summed E-state index contributed by atoms with van der Waals surface area (Å²) in [5.41, 5.74) is 2.17. The lowest BCUT2D eigenvalue weighted by molar-refractivity contribution is 0.104. The predicted octanol–water partition coefficient (Wildman–Crippen LogP) is 3.97. The molecule has 2 heterocycles. The van der Waals surface area contributed by atoms with E-state index in [2.05, 4.69) is 6.07 Å². The Kier molecular flexibility index (Phi) is 2.76. The summed E-state index contributed by atoms with van der Waals surface area (Å²) in [5.74, 6) is 0.179. The van der Waals surface area contributed by atoms with Gasteiger partial charge in [0, 0.05) is 4.88 Å². The molecule has 1 nitrogen and oxygen atoms in total. The van der Waals surface area contributed by atoms with Gasteiger partial charge in [0.2, 0.25) is 5.78 Å². The number of hydrogen-bond donors (Lipinski definition) is 0. The molecule has 0 atom stereocenters. The van der Waals surface area contributed by atoms with Gasteiger partial charge in [0.25, 0.3) is 0 Å². The maximum absolute atomic E-state index is 12.2. The van der Waals surface area contributed by atoms with Crippen molar-refractivity contribution < 1.29 is 4.79 Å². The average molecular weight is 236 g/mol. The lowest BCUT2D eigenvalue weighted by atomic mass is 10.1. The van der Waals surface area contributed by atoms with Crippen molar-refractivity contribution in [2.24, 2.45) is 0 Å². The third-order valence-electron chi connectivity index (χ3n) is 2.32. The van der Waals surface area contributed by atoms with Crippen LogP contribution in [-0.4, -0.2) is 5.78 Å². The minimum absolute atomic E-state index is 0.179. The Morgan fingerprint density at radius 1 is 1.13 bits per heavy atom. The van der Waals surface area contributed by atoms with Gasteiger partial charge in [-0.1, -0.05) is 0 Å². The molecule has 0 aliphatic rings. The van der Waals surface area contributed by atoms with Crippen LogP contribution in [0.4, 0.5) is 0 Å². The van der Waals surface area contributed by atoms with E-state index in [1.54, 1.807) is 11.3 Å². The fraction of sp³-hybridized carbons (Fsp3) is 0.250. The van der Waals surface area contributed by atoms with Crippen molar-refractivity contribution in [3.63, 3.8) is 0 Å². The third-order valence-corrected chi connectivity index (χ3v) is 4.48. The number of ketones is 1. The molecule has 2 rings (SSSR count). The van der Waals surface area contributed by atoms with Crippen molar-refractivity contribution >= 4 is 28.5 Å². The zero-order valence-corrected chi connectivity index (χ0v) is 10.6. The van der Waals surface area contributed by atoms with Crippen molar-refractivity contribution in [2.75, 3.05) is 0 Å². The first-order chi connectivity index (χ1) is 7.09. The molecule has 0 aromatic carbocycles. The van der Waals surface area contributed by atoms with Crippen molar-refractivity contribution in [3.05, 3.63) is 43.3 Å². The first-order valence-electron chi connectivity index (χ1n) is 4.75. The molecule has 3 heteroatoms. The summed E-state index contributed by atoms with van der Waals surface area (Å²) in [6.07, 6.45) is 0. The standard InChI is InChI=1S/C12H12OS2/c1-7-4-5-14-11(7)10(13)12-8(2)6-9(3)15-12/h4-6H,1-3H3. The van der Waals surface area contributed by atoms with E-state index in [9.17, 15) is 4.79 Å². The zero-order valence-electron chi connectivity index (χ0n) is 8.96. The highest BCUT2D eigenvalue weighted by Crippen LogP contribution is 2.27. The number of carbonyl (C=O) groups excluding carboxylic acids is 1. The molecule has 0 saturated heterocycles. The van der Waals surface area contributed by atoms with Crippen LogP contribution in [0.1, 0.15) is 30.6 Å². The maximum Gasteiger partial charge on any atom is 0.213 e. The van der Waals surface area contributed by atoms with Gasteiger partial charge in [-0.3, -0.25) is 4.79 Å². The van der Waals surface area contributed by atoms with E-state index in [0.717, 1.165) is 20.9 Å². The number of hydrogen-bond acceptors (Lipinski definition) is 3. The van der Waals surface area contributed by atoms with Crippen LogP contribution in [0.5, 0.6) is 0 Å². The topological polar surface area (TPSA) is 17.1 Å². The lowest BCUT2D eigenvalue weighted by Crippen LogP contribution is -1.98. The second kappa shape index (κ2) is 3.91. The lowest BCUT2D eigenvalue weighted by Gasteiger charge is -1.97. The molecule has 0 aliphatic heterocycles. The number of thiophene rings is 2. The quantitative estimate of drug-likeness (QED) is 0.721. The largest absolute Gasteiger partial charge is 0.287 e. The van der Waals surface area contributed by atoms with Crippen molar-refractivity contribution in [1.82, 2.24) is 0 Å². The molecule has 0 N–H and O–H groups in total. The third kappa shape index (κ3) is 1.90. The highest BCUT2D eigenvalue weighted by molar-refractivity contribution is 7.17. The van der Waals surface area contributed by atoms with Gasteiger partial charge in [0.05, 0.1) is 9.75 Å². The van der Waals surface area contributed by atoms with Crippen LogP contribution in [0.25, 0.3) is 0 Å². The zero-order chi connectivity index (χ0) is 11.0. The summed E-state index contributed by atoms with van der Waals surface area (Å²) >= 11 is 3.11. The van der Waals surface area contributed by atoms with Gasteiger partial charge >= 0.3 is 0 Å². The summed E-state index contributed by atoms with van der Waals surface area (Å²) < 4.78 is 0. The molecule has 0 saturated carbocycles. The molecular formula is C12H12OS2. The van der Waals surface area contributed by atoms with E-state index in [1.165, 1.54) is 16.2 Å². The molecule has 78 valence electrons. The number of aryl methyl sites for hydroxylation is 3. The molecular weight excluding hydrogens is 224 g/mol. The molecule has 0 spiro atoms. The van der Waals surface area contributed by atoms with Crippen LogP contribution in [0, 0.1) is 20.8 Å². The van der Waals surface area contributed by atoms with E-state index in [4.69, 9.17) is 0 Å². The Bertz CT molecular complexity index is 505. The molecule has 2 aromatic rings. The average Bonchev–Trinajstić information content (AvgIpc) is 2.71. The Morgan fingerprint density at radius 2 is 1.87 bits per heavy atom. The summed E-state index contributed by atoms with van der Waals surface area (Å²) in [7, 11) is 0. The maximum atomic E-state index is 12.2. The summed E-state index contributed by atoms with van der Waals surface area (Å²) in [5, 5.41) is 1.97. The predicted molar refractivity (Wildman–Crippen MR) is 66.3 cm³/mol. The molecule has 0 bridgehead atoms. The van der Waals surface area contributed by atoms with Crippen LogP contribution in [0.2, 0.25) is 0 Å². The Balaban J connectivity index is 2.45. The molecule has 0 radical (unpaired) electrons. The summed E-state index contributed by atoms with van der Waals surface area (Å²) in [6, 6.07) is 4.06. The Labute approximate surface area is 97.4 Å². The SMILES string of the molecule is Cc1cc(C)c(C(=O)c2sccc2C)s1. The van der Waals surface area contributed by atoms with E-state index in [1.807, 2.05) is 32.2 Å². The number of rotatable bonds is 2. The monoisotopic (exact) mass is 236 g/mol. The highest BCUT2D eigenvalue weighted by Gasteiger charge is 2.17. The van der Waals surface area contributed by atoms with Crippen molar-refractivity contribution in [1.29, 1.82) is 0 Å². The molecule has 0 fully saturated rings. The van der Waals surface area contributed by atoms with Crippen LogP contribution < -0.4 is 0 Å². The molecule has 0 amide bonds. The minimum Gasteiger partial charge on any atom is -0.287 e. The second-order valence-electron chi connectivity index (χ2n) is 3.63. The normalized spacial score (nSPS) is 10.6. The van der Waals surface area contributed by atoms with E-state index >= 15 is 0 Å². The molecule has 15 heavy (non-hydrogen) atoms. The van der Waals surface area contributed by atoms with Gasteiger partial charge in [-0.05, 0) is 49.4 Å². The van der Waals surface area contributed by atoms with Gasteiger partial charge in [-0.25, -0.2) is 0 Å². The van der Waals surface area contributed by atoms with Crippen LogP contribution in [0.3, 0.4) is 0 Å². The van der Waals surface area contributed by atoms with Crippen molar-refractivity contribution in [3.8, 4) is 0 Å². The van der Waals surface area contributed by atoms with Gasteiger partial charge < -0.3 is 0 Å². The van der Waals surface area contributed by atoms with Crippen molar-refractivity contribution in [2.45, 2.75) is 20.8 Å². The van der Waals surface area contributed by atoms with Gasteiger partial charge in [0.1, 0.15) is 0 Å². The first kappa shape index (κ1) is 10.6. The van der Waals surface area contributed by atoms with E-state index < -0.39 is 0 Å². The molecule has 0 aliphatic carbocycles. The van der Waals surface area contributed by atoms with Crippen LogP contribution in [-0.2, 0) is 0 Å². The molecule has 0 unspecified atom stereocenters. The fourth-order valence-corrected chi connectivity index (χ4v) is 3.48. The van der Waals surface area contributed by atoms with Gasteiger partial charge in [0.15, 0.2) is 0 Å². The minimum atomic E-state index is 0.179. The van der Waals surface area contributed by atoms with Crippen LogP contribution >= 0.6 is 22.7 Å². The Hall–Kier alpha value is -0.930. The van der Waals surface area contributed by atoms with Crippen LogP contribution in [0.15, 0.2) is 17.5 Å². The van der Waals surface area contributed by atoms with Gasteiger partial charge in [-0.15, -0.1) is 22.7 Å².